The summed E-state index contributed by atoms with van der Waals surface area (Å²) in [5, 5.41) is 2.81. The second kappa shape index (κ2) is 7.32. The molecule has 0 saturated heterocycles. The lowest BCUT2D eigenvalue weighted by Crippen LogP contribution is -2.36. The lowest BCUT2D eigenvalue weighted by atomic mass is 10.1. The van der Waals surface area contributed by atoms with E-state index in [2.05, 4.69) is 15.3 Å². The Morgan fingerprint density at radius 1 is 1.31 bits per heavy atom. The van der Waals surface area contributed by atoms with Crippen molar-refractivity contribution in [3.63, 3.8) is 0 Å². The van der Waals surface area contributed by atoms with Gasteiger partial charge in [0.1, 0.15) is 12.0 Å². The van der Waals surface area contributed by atoms with E-state index in [0.29, 0.717) is 12.3 Å². The van der Waals surface area contributed by atoms with Crippen LogP contribution in [0.5, 0.6) is 0 Å². The molecule has 1 unspecified atom stereocenters. The van der Waals surface area contributed by atoms with Crippen molar-refractivity contribution in [2.24, 2.45) is 5.73 Å². The second-order valence-electron chi connectivity index (χ2n) is 5.87. The van der Waals surface area contributed by atoms with Crippen LogP contribution in [-0.4, -0.2) is 45.9 Å². The maximum atomic E-state index is 12.6. The van der Waals surface area contributed by atoms with E-state index in [1.54, 1.807) is 17.6 Å². The first-order chi connectivity index (χ1) is 12.5. The molecule has 0 aliphatic rings. The van der Waals surface area contributed by atoms with Gasteiger partial charge in [-0.1, -0.05) is 30.3 Å². The molecule has 3 rings (SSSR count). The summed E-state index contributed by atoms with van der Waals surface area (Å²) in [6.07, 6.45) is 1.47. The highest BCUT2D eigenvalue weighted by Crippen LogP contribution is 2.22. The molecule has 3 N–H and O–H groups in total. The number of hydrogen-bond donors (Lipinski definition) is 2. The van der Waals surface area contributed by atoms with Gasteiger partial charge in [-0.05, 0) is 18.6 Å². The topological polar surface area (TPSA) is 112 Å². The zero-order valence-electron chi connectivity index (χ0n) is 14.5. The Balaban J connectivity index is 2.13. The van der Waals surface area contributed by atoms with Crippen LogP contribution in [0.3, 0.4) is 0 Å². The predicted octanol–water partition coefficient (Wildman–Crippen LogP) is 1.26. The molecule has 2 amide bonds. The molecule has 1 atom stereocenters. The SMILES string of the molecule is COCC(C)NC(=O)c1cc(-c2ccccc2)n2cnc(C(N)=O)c2n1. The van der Waals surface area contributed by atoms with Crippen molar-refractivity contribution in [2.75, 3.05) is 13.7 Å². The standard InChI is InChI=1S/C18H19N5O3/c1-11(9-26-2)21-18(25)13-8-14(12-6-4-3-5-7-12)23-10-20-15(16(19)24)17(23)22-13/h3-8,10-11H,9H2,1-2H3,(H2,19,24)(H,21,25). The minimum atomic E-state index is -0.704. The first-order valence-electron chi connectivity index (χ1n) is 8.04. The van der Waals surface area contributed by atoms with Gasteiger partial charge >= 0.3 is 0 Å². The molecule has 1 aromatic carbocycles. The van der Waals surface area contributed by atoms with E-state index in [0.717, 1.165) is 5.56 Å². The molecule has 0 spiro atoms. The number of amides is 2. The molecule has 0 aliphatic carbocycles. The van der Waals surface area contributed by atoms with Crippen molar-refractivity contribution in [1.29, 1.82) is 0 Å². The van der Waals surface area contributed by atoms with Crippen molar-refractivity contribution in [1.82, 2.24) is 19.7 Å². The van der Waals surface area contributed by atoms with Gasteiger partial charge in [0.2, 0.25) is 0 Å². The van der Waals surface area contributed by atoms with Crippen LogP contribution in [0.4, 0.5) is 0 Å². The third-order valence-corrected chi connectivity index (χ3v) is 3.83. The number of nitrogens with zero attached hydrogens (tertiary/aromatic N) is 3. The second-order valence-corrected chi connectivity index (χ2v) is 5.87. The Kier molecular flexibility index (Phi) is 4.94. The molecule has 2 aromatic heterocycles. The van der Waals surface area contributed by atoms with Gasteiger partial charge in [0.15, 0.2) is 11.3 Å². The molecular formula is C18H19N5O3. The molecule has 3 aromatic rings. The van der Waals surface area contributed by atoms with E-state index in [4.69, 9.17) is 10.5 Å². The Morgan fingerprint density at radius 2 is 2.04 bits per heavy atom. The monoisotopic (exact) mass is 353 g/mol. The van der Waals surface area contributed by atoms with Crippen LogP contribution in [0.1, 0.15) is 27.9 Å². The number of rotatable bonds is 6. The lowest BCUT2D eigenvalue weighted by molar-refractivity contribution is 0.0899. The summed E-state index contributed by atoms with van der Waals surface area (Å²) in [6.45, 7) is 2.20. The van der Waals surface area contributed by atoms with Crippen LogP contribution >= 0.6 is 0 Å². The van der Waals surface area contributed by atoms with Gasteiger partial charge < -0.3 is 15.8 Å². The number of nitrogens with two attached hydrogens (primary N) is 1. The molecule has 0 aliphatic heterocycles. The lowest BCUT2D eigenvalue weighted by Gasteiger charge is -2.14. The summed E-state index contributed by atoms with van der Waals surface area (Å²) in [4.78, 5) is 32.6. The number of hydrogen-bond acceptors (Lipinski definition) is 5. The minimum Gasteiger partial charge on any atom is -0.383 e. The summed E-state index contributed by atoms with van der Waals surface area (Å²) < 4.78 is 6.68. The summed E-state index contributed by atoms with van der Waals surface area (Å²) in [6, 6.07) is 10.9. The number of methoxy groups -OCH3 is 1. The normalized spacial score (nSPS) is 12.1. The van der Waals surface area contributed by atoms with Crippen LogP contribution in [0, 0.1) is 0 Å². The van der Waals surface area contributed by atoms with E-state index in [-0.39, 0.29) is 29.0 Å². The van der Waals surface area contributed by atoms with Crippen LogP contribution in [0.25, 0.3) is 16.9 Å². The van der Waals surface area contributed by atoms with Gasteiger partial charge in [-0.15, -0.1) is 0 Å². The molecular weight excluding hydrogens is 334 g/mol. The summed E-state index contributed by atoms with van der Waals surface area (Å²) in [5.74, 6) is -1.07. The fourth-order valence-electron chi connectivity index (χ4n) is 2.68. The first kappa shape index (κ1) is 17.6. The molecule has 8 nitrogen and oxygen atoms in total. The zero-order valence-corrected chi connectivity index (χ0v) is 14.5. The molecule has 8 heteroatoms. The number of carbonyl (C=O) groups is 2. The zero-order chi connectivity index (χ0) is 18.7. The Hall–Kier alpha value is -3.26. The van der Waals surface area contributed by atoms with E-state index >= 15 is 0 Å². The number of imidazole rings is 1. The average molecular weight is 353 g/mol. The number of aromatic nitrogens is 3. The van der Waals surface area contributed by atoms with Crippen molar-refractivity contribution < 1.29 is 14.3 Å². The fourth-order valence-corrected chi connectivity index (χ4v) is 2.68. The van der Waals surface area contributed by atoms with Gasteiger partial charge in [-0.3, -0.25) is 14.0 Å². The number of primary amides is 1. The van der Waals surface area contributed by atoms with E-state index in [9.17, 15) is 9.59 Å². The van der Waals surface area contributed by atoms with Crippen LogP contribution in [0.15, 0.2) is 42.7 Å². The minimum absolute atomic E-state index is 0.0155. The number of nitrogens with one attached hydrogen (secondary N) is 1. The Bertz CT molecular complexity index is 952. The van der Waals surface area contributed by atoms with E-state index in [1.807, 2.05) is 37.3 Å². The quantitative estimate of drug-likeness (QED) is 0.693. The van der Waals surface area contributed by atoms with Crippen LogP contribution in [-0.2, 0) is 4.74 Å². The number of carbonyl (C=O) groups excluding carboxylic acids is 2. The number of fused-ring (bicyclic) bond motifs is 1. The van der Waals surface area contributed by atoms with Gasteiger partial charge in [0.25, 0.3) is 11.8 Å². The fraction of sp³-hybridized carbons (Fsp3) is 0.222. The smallest absolute Gasteiger partial charge is 0.271 e. The Morgan fingerprint density at radius 3 is 2.69 bits per heavy atom. The van der Waals surface area contributed by atoms with Gasteiger partial charge in [0.05, 0.1) is 12.3 Å². The van der Waals surface area contributed by atoms with Crippen molar-refractivity contribution in [3.8, 4) is 11.3 Å². The van der Waals surface area contributed by atoms with Gasteiger partial charge in [-0.2, -0.15) is 0 Å². The molecule has 0 fully saturated rings. The van der Waals surface area contributed by atoms with E-state index in [1.165, 1.54) is 6.33 Å². The average Bonchev–Trinajstić information content (AvgIpc) is 3.06. The Labute approximate surface area is 150 Å². The molecule has 134 valence electrons. The first-order valence-corrected chi connectivity index (χ1v) is 8.04. The largest absolute Gasteiger partial charge is 0.383 e. The third-order valence-electron chi connectivity index (χ3n) is 3.83. The van der Waals surface area contributed by atoms with Crippen LogP contribution < -0.4 is 11.1 Å². The van der Waals surface area contributed by atoms with Gasteiger partial charge in [-0.25, -0.2) is 9.97 Å². The molecule has 0 saturated carbocycles. The highest BCUT2D eigenvalue weighted by molar-refractivity contribution is 5.99. The number of ether oxygens (including phenoxy) is 1. The van der Waals surface area contributed by atoms with E-state index < -0.39 is 5.91 Å². The maximum absolute atomic E-state index is 12.6. The highest BCUT2D eigenvalue weighted by Gasteiger charge is 2.19. The van der Waals surface area contributed by atoms with Crippen molar-refractivity contribution in [2.45, 2.75) is 13.0 Å². The molecule has 0 bridgehead atoms. The highest BCUT2D eigenvalue weighted by atomic mass is 16.5. The van der Waals surface area contributed by atoms with Crippen molar-refractivity contribution in [3.05, 3.63) is 54.1 Å². The molecule has 0 radical (unpaired) electrons. The summed E-state index contributed by atoms with van der Waals surface area (Å²) in [5.41, 5.74) is 7.35. The molecule has 26 heavy (non-hydrogen) atoms. The molecule has 2 heterocycles. The summed E-state index contributed by atoms with van der Waals surface area (Å²) in [7, 11) is 1.56. The third kappa shape index (κ3) is 3.40. The maximum Gasteiger partial charge on any atom is 0.271 e. The van der Waals surface area contributed by atoms with Crippen molar-refractivity contribution >= 4 is 17.5 Å². The van der Waals surface area contributed by atoms with Crippen LogP contribution in [0.2, 0.25) is 0 Å². The number of benzene rings is 1. The van der Waals surface area contributed by atoms with Gasteiger partial charge in [0, 0.05) is 13.2 Å². The summed E-state index contributed by atoms with van der Waals surface area (Å²) >= 11 is 0. The predicted molar refractivity (Wildman–Crippen MR) is 95.7 cm³/mol.